The lowest BCUT2D eigenvalue weighted by molar-refractivity contribution is -0.139. The van der Waals surface area contributed by atoms with E-state index in [1.54, 1.807) is 18.2 Å². The van der Waals surface area contributed by atoms with Crippen molar-refractivity contribution in [3.8, 4) is 12.3 Å². The Bertz CT molecular complexity index is 542. The lowest BCUT2D eigenvalue weighted by Gasteiger charge is -2.13. The number of hydrogen-bond acceptors (Lipinski definition) is 2. The first-order valence-corrected chi connectivity index (χ1v) is 6.30. The molecule has 2 amide bonds. The van der Waals surface area contributed by atoms with E-state index in [1.165, 1.54) is 0 Å². The first-order chi connectivity index (χ1) is 8.93. The van der Waals surface area contributed by atoms with E-state index in [0.717, 1.165) is 0 Å². The van der Waals surface area contributed by atoms with Crippen LogP contribution in [0.3, 0.4) is 0 Å². The van der Waals surface area contributed by atoms with Gasteiger partial charge in [0.25, 0.3) is 0 Å². The van der Waals surface area contributed by atoms with Crippen LogP contribution in [0.25, 0.3) is 0 Å². The van der Waals surface area contributed by atoms with Gasteiger partial charge in [0.05, 0.1) is 5.02 Å². The van der Waals surface area contributed by atoms with Crippen LogP contribution in [0.2, 0.25) is 5.02 Å². The molecule has 1 atom stereocenters. The van der Waals surface area contributed by atoms with Crippen molar-refractivity contribution in [1.82, 2.24) is 5.32 Å². The van der Waals surface area contributed by atoms with Gasteiger partial charge >= 0.3 is 12.0 Å². The number of urea groups is 1. The molecule has 100 valence electrons. The topological polar surface area (TPSA) is 78.4 Å². The number of terminal acetylenes is 1. The maximum Gasteiger partial charge on any atom is 0.327 e. The summed E-state index contributed by atoms with van der Waals surface area (Å²) in [5.74, 6) is 0.997. The van der Waals surface area contributed by atoms with Crippen LogP contribution in [-0.2, 0) is 4.79 Å². The minimum atomic E-state index is -1.19. The van der Waals surface area contributed by atoms with E-state index in [1.807, 2.05) is 0 Å². The summed E-state index contributed by atoms with van der Waals surface area (Å²) in [7, 11) is 0. The lowest BCUT2D eigenvalue weighted by atomic mass is 10.2. The average molecular weight is 346 g/mol. The summed E-state index contributed by atoms with van der Waals surface area (Å²) in [6.07, 6.45) is 4.94. The number of halogens is 2. The van der Waals surface area contributed by atoms with Gasteiger partial charge in [0.15, 0.2) is 0 Å². The normalized spacial score (nSPS) is 11.2. The minimum absolute atomic E-state index is 0.0902. The molecule has 0 aliphatic carbocycles. The number of carbonyl (C=O) groups excluding carboxylic acids is 1. The Hall–Kier alpha value is -1.71. The number of hydrogen-bond donors (Lipinski definition) is 3. The Morgan fingerprint density at radius 1 is 1.53 bits per heavy atom. The molecule has 0 radical (unpaired) electrons. The third-order valence-electron chi connectivity index (χ3n) is 2.10. The highest BCUT2D eigenvalue weighted by Gasteiger charge is 2.18. The van der Waals surface area contributed by atoms with Crippen LogP contribution in [0.15, 0.2) is 22.7 Å². The Morgan fingerprint density at radius 3 is 2.74 bits per heavy atom. The molecule has 0 heterocycles. The van der Waals surface area contributed by atoms with Crippen molar-refractivity contribution in [2.45, 2.75) is 12.5 Å². The van der Waals surface area contributed by atoms with Gasteiger partial charge in [-0.2, -0.15) is 0 Å². The van der Waals surface area contributed by atoms with E-state index in [-0.39, 0.29) is 6.42 Å². The zero-order valence-corrected chi connectivity index (χ0v) is 12.0. The summed E-state index contributed by atoms with van der Waals surface area (Å²) in [5, 5.41) is 14.1. The predicted molar refractivity (Wildman–Crippen MR) is 76.2 cm³/mol. The second-order valence-corrected chi connectivity index (χ2v) is 4.79. The lowest BCUT2D eigenvalue weighted by Crippen LogP contribution is -2.42. The van der Waals surface area contributed by atoms with Gasteiger partial charge in [0.2, 0.25) is 0 Å². The molecular weight excluding hydrogens is 336 g/mol. The van der Waals surface area contributed by atoms with Crippen LogP contribution in [0.5, 0.6) is 0 Å². The molecule has 1 unspecified atom stereocenters. The molecule has 1 rings (SSSR count). The van der Waals surface area contributed by atoms with Gasteiger partial charge in [-0.3, -0.25) is 0 Å². The largest absolute Gasteiger partial charge is 0.480 e. The number of amides is 2. The molecule has 0 aliphatic rings. The first-order valence-electron chi connectivity index (χ1n) is 5.13. The number of carbonyl (C=O) groups is 2. The number of carboxylic acids is 1. The highest BCUT2D eigenvalue weighted by Crippen LogP contribution is 2.25. The van der Waals surface area contributed by atoms with Crippen molar-refractivity contribution in [1.29, 1.82) is 0 Å². The van der Waals surface area contributed by atoms with Crippen LogP contribution in [-0.4, -0.2) is 23.1 Å². The molecule has 0 saturated carbocycles. The second kappa shape index (κ2) is 7.02. The summed E-state index contributed by atoms with van der Waals surface area (Å²) in [4.78, 5) is 22.4. The smallest absolute Gasteiger partial charge is 0.327 e. The van der Waals surface area contributed by atoms with Gasteiger partial charge in [-0.05, 0) is 34.1 Å². The molecule has 7 heteroatoms. The van der Waals surface area contributed by atoms with Gasteiger partial charge < -0.3 is 15.7 Å². The molecule has 1 aromatic rings. The van der Waals surface area contributed by atoms with Gasteiger partial charge in [0, 0.05) is 16.6 Å². The zero-order valence-electron chi connectivity index (χ0n) is 9.61. The van der Waals surface area contributed by atoms with Gasteiger partial charge in [-0.25, -0.2) is 9.59 Å². The number of carboxylic acid groups (broad SMARTS) is 1. The summed E-state index contributed by atoms with van der Waals surface area (Å²) < 4.78 is 0.616. The highest BCUT2D eigenvalue weighted by atomic mass is 79.9. The highest BCUT2D eigenvalue weighted by molar-refractivity contribution is 9.10. The van der Waals surface area contributed by atoms with Crippen molar-refractivity contribution in [2.75, 3.05) is 5.32 Å². The van der Waals surface area contributed by atoms with Crippen LogP contribution < -0.4 is 10.6 Å². The molecular formula is C12H10BrClN2O3. The van der Waals surface area contributed by atoms with Crippen molar-refractivity contribution < 1.29 is 14.7 Å². The number of aliphatic carboxylic acids is 1. The molecule has 19 heavy (non-hydrogen) atoms. The quantitative estimate of drug-likeness (QED) is 0.734. The zero-order chi connectivity index (χ0) is 14.4. The van der Waals surface area contributed by atoms with Crippen LogP contribution in [0.4, 0.5) is 10.5 Å². The van der Waals surface area contributed by atoms with E-state index in [2.05, 4.69) is 32.5 Å². The summed E-state index contributed by atoms with van der Waals surface area (Å²) in [6.45, 7) is 0. The summed E-state index contributed by atoms with van der Waals surface area (Å²) >= 11 is 9.02. The van der Waals surface area contributed by atoms with Gasteiger partial charge in [-0.15, -0.1) is 12.3 Å². The number of benzene rings is 1. The van der Waals surface area contributed by atoms with E-state index < -0.39 is 18.0 Å². The maximum absolute atomic E-state index is 11.6. The Kier molecular flexibility index (Phi) is 5.67. The Labute approximate surface area is 123 Å². The number of rotatable bonds is 4. The van der Waals surface area contributed by atoms with E-state index in [9.17, 15) is 9.59 Å². The molecule has 3 N–H and O–H groups in total. The van der Waals surface area contributed by atoms with Crippen molar-refractivity contribution >= 4 is 45.2 Å². The minimum Gasteiger partial charge on any atom is -0.480 e. The summed E-state index contributed by atoms with van der Waals surface area (Å²) in [5.41, 5.74) is 0.471. The van der Waals surface area contributed by atoms with Crippen molar-refractivity contribution in [3.05, 3.63) is 27.7 Å². The Balaban J connectivity index is 2.66. The molecule has 0 spiro atoms. The monoisotopic (exact) mass is 344 g/mol. The number of anilines is 1. The third-order valence-corrected chi connectivity index (χ3v) is 3.32. The summed E-state index contributed by atoms with van der Waals surface area (Å²) in [6, 6.07) is 3.00. The van der Waals surface area contributed by atoms with Crippen LogP contribution in [0, 0.1) is 12.3 Å². The third kappa shape index (κ3) is 4.81. The maximum atomic E-state index is 11.6. The molecule has 0 fully saturated rings. The molecule has 0 aliphatic heterocycles. The van der Waals surface area contributed by atoms with Gasteiger partial charge in [-0.1, -0.05) is 11.6 Å². The van der Waals surface area contributed by atoms with Crippen molar-refractivity contribution in [3.63, 3.8) is 0 Å². The Morgan fingerprint density at radius 2 is 2.21 bits per heavy atom. The molecule has 5 nitrogen and oxygen atoms in total. The molecule has 0 bridgehead atoms. The standard InChI is InChI=1S/C12H10BrClN2O3/c1-2-3-10(11(17)18)16-12(19)15-7-4-5-9(14)8(13)6-7/h1,4-6,10H,3H2,(H,17,18)(H2,15,16,19). The first kappa shape index (κ1) is 15.3. The number of nitrogens with one attached hydrogen (secondary N) is 2. The fourth-order valence-corrected chi connectivity index (χ4v) is 1.71. The average Bonchev–Trinajstić information content (AvgIpc) is 2.33. The molecule has 0 saturated heterocycles. The van der Waals surface area contributed by atoms with Crippen LogP contribution >= 0.6 is 27.5 Å². The van der Waals surface area contributed by atoms with E-state index >= 15 is 0 Å². The van der Waals surface area contributed by atoms with Crippen molar-refractivity contribution in [2.24, 2.45) is 0 Å². The molecule has 0 aromatic heterocycles. The molecule has 1 aromatic carbocycles. The predicted octanol–water partition coefficient (Wildman–Crippen LogP) is 2.70. The van der Waals surface area contributed by atoms with Crippen LogP contribution in [0.1, 0.15) is 6.42 Å². The van der Waals surface area contributed by atoms with Gasteiger partial charge in [0.1, 0.15) is 6.04 Å². The second-order valence-electron chi connectivity index (χ2n) is 3.53. The fraction of sp³-hybridized carbons (Fsp3) is 0.167. The van der Waals surface area contributed by atoms with E-state index in [0.29, 0.717) is 15.2 Å². The SMILES string of the molecule is C#CCC(NC(=O)Nc1ccc(Cl)c(Br)c1)C(=O)O. The van der Waals surface area contributed by atoms with E-state index in [4.69, 9.17) is 23.1 Å². The fourth-order valence-electron chi connectivity index (χ4n) is 1.22.